The van der Waals surface area contributed by atoms with Crippen LogP contribution in [0.4, 0.5) is 17.1 Å². The average molecular weight is 504 g/mol. The van der Waals surface area contributed by atoms with Crippen LogP contribution in [0.15, 0.2) is 136 Å². The van der Waals surface area contributed by atoms with Crippen molar-refractivity contribution in [3.05, 3.63) is 128 Å². The Morgan fingerprint density at radius 3 is 1.67 bits per heavy atom. The predicted octanol–water partition coefficient (Wildman–Crippen LogP) is 9.41. The summed E-state index contributed by atoms with van der Waals surface area (Å²) in [5, 5.41) is 4.09. The van der Waals surface area contributed by atoms with Gasteiger partial charge in [0.2, 0.25) is 11.4 Å². The quantitative estimate of drug-likeness (QED) is 0.239. The molecule has 184 valence electrons. The maximum absolute atomic E-state index is 6.18. The molecule has 0 spiro atoms. The lowest BCUT2D eigenvalue weighted by Gasteiger charge is -2.27. The van der Waals surface area contributed by atoms with E-state index in [1.54, 1.807) is 12.4 Å². The van der Waals surface area contributed by atoms with Crippen LogP contribution in [0.25, 0.3) is 55.3 Å². The van der Waals surface area contributed by atoms with Crippen molar-refractivity contribution in [3.8, 4) is 11.1 Å². The lowest BCUT2D eigenvalue weighted by Crippen LogP contribution is -2.11. The number of para-hydroxylation sites is 1. The summed E-state index contributed by atoms with van der Waals surface area (Å²) in [6, 6.07) is 39.5. The van der Waals surface area contributed by atoms with Gasteiger partial charge in [-0.15, -0.1) is 0 Å². The van der Waals surface area contributed by atoms with Crippen molar-refractivity contribution >= 4 is 61.2 Å². The van der Waals surface area contributed by atoms with E-state index in [1.807, 2.05) is 30.3 Å². The third-order valence-corrected chi connectivity index (χ3v) is 7.21. The van der Waals surface area contributed by atoms with Gasteiger partial charge in [-0.2, -0.15) is 0 Å². The number of pyridine rings is 2. The molecule has 0 N–H and O–H groups in total. The van der Waals surface area contributed by atoms with Gasteiger partial charge in [-0.05, 0) is 60.2 Å². The van der Waals surface area contributed by atoms with Gasteiger partial charge in [0.25, 0.3) is 0 Å². The van der Waals surface area contributed by atoms with E-state index in [0.717, 1.165) is 60.9 Å². The van der Waals surface area contributed by atoms with Gasteiger partial charge in [0, 0.05) is 63.0 Å². The summed E-state index contributed by atoms with van der Waals surface area (Å²) in [4.78, 5) is 11.1. The van der Waals surface area contributed by atoms with Crippen LogP contribution in [-0.4, -0.2) is 9.97 Å². The van der Waals surface area contributed by atoms with Gasteiger partial charge in [-0.3, -0.25) is 0 Å². The SMILES string of the molecule is c1ccc(-c2ccccc2N(c2ccc3c(c2)oc2ncccc23)c2ccc3c(c2)oc2ncccc23)cc1. The predicted molar refractivity (Wildman–Crippen MR) is 157 cm³/mol. The van der Waals surface area contributed by atoms with Gasteiger partial charge < -0.3 is 13.7 Å². The third-order valence-electron chi connectivity index (χ3n) is 7.21. The summed E-state index contributed by atoms with van der Waals surface area (Å²) >= 11 is 0. The molecule has 0 fully saturated rings. The highest BCUT2D eigenvalue weighted by atomic mass is 16.3. The summed E-state index contributed by atoms with van der Waals surface area (Å²) in [7, 11) is 0. The smallest absolute Gasteiger partial charge is 0.227 e. The lowest BCUT2D eigenvalue weighted by atomic mass is 10.0. The van der Waals surface area contributed by atoms with Crippen LogP contribution in [-0.2, 0) is 0 Å². The van der Waals surface area contributed by atoms with Gasteiger partial charge in [0.15, 0.2) is 0 Å². The molecule has 4 heterocycles. The number of rotatable bonds is 4. The van der Waals surface area contributed by atoms with E-state index in [9.17, 15) is 0 Å². The Labute approximate surface area is 223 Å². The molecule has 5 nitrogen and oxygen atoms in total. The zero-order chi connectivity index (χ0) is 25.8. The molecule has 5 heteroatoms. The Bertz CT molecular complexity index is 2030. The molecule has 8 rings (SSSR count). The number of fused-ring (bicyclic) bond motifs is 6. The number of anilines is 3. The van der Waals surface area contributed by atoms with Crippen LogP contribution in [0.2, 0.25) is 0 Å². The first-order chi connectivity index (χ1) is 19.3. The number of aromatic nitrogens is 2. The molecular formula is C34H21N3O2. The van der Waals surface area contributed by atoms with Crippen molar-refractivity contribution in [2.75, 3.05) is 4.90 Å². The molecule has 8 aromatic rings. The highest BCUT2D eigenvalue weighted by Gasteiger charge is 2.20. The van der Waals surface area contributed by atoms with Gasteiger partial charge in [0.05, 0.1) is 5.69 Å². The van der Waals surface area contributed by atoms with E-state index in [-0.39, 0.29) is 0 Å². The molecule has 0 amide bonds. The van der Waals surface area contributed by atoms with Crippen molar-refractivity contribution in [2.24, 2.45) is 0 Å². The minimum atomic E-state index is 0.636. The standard InChI is InChI=1S/C34H21N3O2/c1-2-8-22(9-3-1)25-10-4-5-13-30(25)37(23-14-16-26-28-11-6-18-35-33(28)38-31(26)20-23)24-15-17-27-29-12-7-19-36-34(29)39-32(27)21-24/h1-21H. The summed E-state index contributed by atoms with van der Waals surface area (Å²) in [6.07, 6.45) is 3.51. The summed E-state index contributed by atoms with van der Waals surface area (Å²) in [5.74, 6) is 0. The van der Waals surface area contributed by atoms with Crippen molar-refractivity contribution < 1.29 is 8.83 Å². The van der Waals surface area contributed by atoms with E-state index >= 15 is 0 Å². The topological polar surface area (TPSA) is 55.3 Å². The molecule has 0 saturated heterocycles. The zero-order valence-corrected chi connectivity index (χ0v) is 20.8. The first kappa shape index (κ1) is 21.6. The summed E-state index contributed by atoms with van der Waals surface area (Å²) < 4.78 is 12.4. The van der Waals surface area contributed by atoms with Gasteiger partial charge in [-0.25, -0.2) is 9.97 Å². The molecule has 0 atom stereocenters. The fraction of sp³-hybridized carbons (Fsp3) is 0. The Kier molecular flexibility index (Phi) is 4.76. The molecule has 0 unspecified atom stereocenters. The van der Waals surface area contributed by atoms with E-state index < -0.39 is 0 Å². The molecular weight excluding hydrogens is 482 g/mol. The molecule has 0 aliphatic heterocycles. The van der Waals surface area contributed by atoms with Gasteiger partial charge >= 0.3 is 0 Å². The summed E-state index contributed by atoms with van der Waals surface area (Å²) in [6.45, 7) is 0. The minimum absolute atomic E-state index is 0.636. The Balaban J connectivity index is 1.38. The molecule has 4 aromatic heterocycles. The maximum Gasteiger partial charge on any atom is 0.227 e. The third kappa shape index (κ3) is 3.48. The van der Waals surface area contributed by atoms with Gasteiger partial charge in [-0.1, -0.05) is 48.5 Å². The number of hydrogen-bond acceptors (Lipinski definition) is 5. The van der Waals surface area contributed by atoms with E-state index in [2.05, 4.69) is 99.8 Å². The number of benzene rings is 4. The first-order valence-electron chi connectivity index (χ1n) is 12.8. The van der Waals surface area contributed by atoms with E-state index in [4.69, 9.17) is 8.83 Å². The Morgan fingerprint density at radius 2 is 1.05 bits per heavy atom. The Hall–Kier alpha value is -5.42. The van der Waals surface area contributed by atoms with Crippen LogP contribution in [0, 0.1) is 0 Å². The largest absolute Gasteiger partial charge is 0.438 e. The number of hydrogen-bond donors (Lipinski definition) is 0. The molecule has 0 radical (unpaired) electrons. The minimum Gasteiger partial charge on any atom is -0.438 e. The zero-order valence-electron chi connectivity index (χ0n) is 20.8. The Morgan fingerprint density at radius 1 is 0.487 bits per heavy atom. The fourth-order valence-electron chi connectivity index (χ4n) is 5.43. The second kappa shape index (κ2) is 8.57. The van der Waals surface area contributed by atoms with Crippen molar-refractivity contribution in [1.29, 1.82) is 0 Å². The van der Waals surface area contributed by atoms with Crippen LogP contribution in [0.5, 0.6) is 0 Å². The second-order valence-corrected chi connectivity index (χ2v) is 9.50. The number of nitrogens with zero attached hydrogens (tertiary/aromatic N) is 3. The van der Waals surface area contributed by atoms with Crippen LogP contribution >= 0.6 is 0 Å². The van der Waals surface area contributed by atoms with Crippen molar-refractivity contribution in [1.82, 2.24) is 9.97 Å². The van der Waals surface area contributed by atoms with Crippen LogP contribution < -0.4 is 4.90 Å². The molecule has 4 aromatic carbocycles. The monoisotopic (exact) mass is 503 g/mol. The van der Waals surface area contributed by atoms with Crippen molar-refractivity contribution in [3.63, 3.8) is 0 Å². The molecule has 0 bridgehead atoms. The van der Waals surface area contributed by atoms with Crippen LogP contribution in [0.3, 0.4) is 0 Å². The maximum atomic E-state index is 6.18. The summed E-state index contributed by atoms with van der Waals surface area (Å²) in [5.41, 5.74) is 8.10. The van der Waals surface area contributed by atoms with Gasteiger partial charge in [0.1, 0.15) is 11.2 Å². The van der Waals surface area contributed by atoms with Crippen molar-refractivity contribution in [2.45, 2.75) is 0 Å². The lowest BCUT2D eigenvalue weighted by molar-refractivity contribution is 0.654. The van der Waals surface area contributed by atoms with E-state index in [1.165, 1.54) is 0 Å². The highest BCUT2D eigenvalue weighted by molar-refractivity contribution is 6.07. The number of furan rings is 2. The molecule has 0 aliphatic rings. The van der Waals surface area contributed by atoms with E-state index in [0.29, 0.717) is 11.4 Å². The molecule has 0 aliphatic carbocycles. The molecule has 0 saturated carbocycles. The molecule has 39 heavy (non-hydrogen) atoms. The first-order valence-corrected chi connectivity index (χ1v) is 12.8. The normalized spacial score (nSPS) is 11.6. The highest BCUT2D eigenvalue weighted by Crippen LogP contribution is 2.43. The fourth-order valence-corrected chi connectivity index (χ4v) is 5.43. The second-order valence-electron chi connectivity index (χ2n) is 9.50. The van der Waals surface area contributed by atoms with Crippen LogP contribution in [0.1, 0.15) is 0 Å². The average Bonchev–Trinajstić information content (AvgIpc) is 3.55.